The molecular formula is C46H73NO3. The van der Waals surface area contributed by atoms with Crippen molar-refractivity contribution in [1.82, 2.24) is 5.32 Å². The van der Waals surface area contributed by atoms with E-state index in [1.807, 2.05) is 6.08 Å². The van der Waals surface area contributed by atoms with Crippen molar-refractivity contribution in [3.05, 3.63) is 122 Å². The van der Waals surface area contributed by atoms with Gasteiger partial charge in [0, 0.05) is 6.42 Å². The zero-order valence-electron chi connectivity index (χ0n) is 31.9. The van der Waals surface area contributed by atoms with Crippen LogP contribution < -0.4 is 5.32 Å². The van der Waals surface area contributed by atoms with Gasteiger partial charge in [0.2, 0.25) is 5.91 Å². The number of aliphatic hydroxyl groups is 2. The minimum absolute atomic E-state index is 0.101. The Morgan fingerprint density at radius 2 is 0.900 bits per heavy atom. The fraction of sp³-hybridized carbons (Fsp3) is 0.543. The molecule has 4 nitrogen and oxygen atoms in total. The maximum atomic E-state index is 12.3. The van der Waals surface area contributed by atoms with Gasteiger partial charge in [0.15, 0.2) is 0 Å². The molecule has 0 saturated heterocycles. The largest absolute Gasteiger partial charge is 0.394 e. The molecule has 4 heteroatoms. The molecule has 0 aromatic carbocycles. The molecule has 50 heavy (non-hydrogen) atoms. The molecule has 0 fully saturated rings. The highest BCUT2D eigenvalue weighted by Gasteiger charge is 2.17. The van der Waals surface area contributed by atoms with Crippen molar-refractivity contribution in [2.75, 3.05) is 6.61 Å². The number of hydrogen-bond donors (Lipinski definition) is 3. The van der Waals surface area contributed by atoms with E-state index in [0.717, 1.165) is 103 Å². The third-order valence-corrected chi connectivity index (χ3v) is 7.91. The number of carbonyl (C=O) groups excluding carboxylic acids is 1. The summed E-state index contributed by atoms with van der Waals surface area (Å²) in [6.45, 7) is 4.04. The Bertz CT molecular complexity index is 1050. The Morgan fingerprint density at radius 1 is 0.500 bits per heavy atom. The summed E-state index contributed by atoms with van der Waals surface area (Å²) in [4.78, 5) is 12.3. The maximum absolute atomic E-state index is 12.3. The summed E-state index contributed by atoms with van der Waals surface area (Å²) >= 11 is 0. The summed E-state index contributed by atoms with van der Waals surface area (Å²) in [5.41, 5.74) is 0. The van der Waals surface area contributed by atoms with Crippen molar-refractivity contribution in [3.8, 4) is 0 Å². The van der Waals surface area contributed by atoms with Crippen molar-refractivity contribution in [1.29, 1.82) is 0 Å². The van der Waals surface area contributed by atoms with Crippen molar-refractivity contribution in [2.45, 2.75) is 154 Å². The predicted octanol–water partition coefficient (Wildman–Crippen LogP) is 12.2. The molecule has 0 aliphatic rings. The lowest BCUT2D eigenvalue weighted by Gasteiger charge is -2.19. The van der Waals surface area contributed by atoms with Crippen molar-refractivity contribution in [3.63, 3.8) is 0 Å². The average Bonchev–Trinajstić information content (AvgIpc) is 3.12. The summed E-state index contributed by atoms with van der Waals surface area (Å²) in [5, 5.41) is 22.7. The van der Waals surface area contributed by atoms with Crippen LogP contribution in [0.2, 0.25) is 0 Å². The Morgan fingerprint density at radius 3 is 1.38 bits per heavy atom. The zero-order chi connectivity index (χ0) is 36.4. The molecule has 1 amide bonds. The van der Waals surface area contributed by atoms with Crippen LogP contribution in [0.25, 0.3) is 0 Å². The fourth-order valence-corrected chi connectivity index (χ4v) is 4.92. The molecule has 3 N–H and O–H groups in total. The van der Waals surface area contributed by atoms with E-state index in [1.165, 1.54) is 19.3 Å². The molecule has 0 aromatic heterocycles. The topological polar surface area (TPSA) is 69.6 Å². The Hall–Kier alpha value is -3.21. The molecule has 2 atom stereocenters. The molecule has 0 aliphatic heterocycles. The highest BCUT2D eigenvalue weighted by molar-refractivity contribution is 5.76. The minimum Gasteiger partial charge on any atom is -0.394 e. The number of hydrogen-bond acceptors (Lipinski definition) is 3. The molecule has 0 saturated carbocycles. The van der Waals surface area contributed by atoms with Crippen LogP contribution in [0.3, 0.4) is 0 Å². The fourth-order valence-electron chi connectivity index (χ4n) is 4.92. The highest BCUT2D eigenvalue weighted by atomic mass is 16.3. The normalized spacial score (nSPS) is 14.4. The summed E-state index contributed by atoms with van der Waals surface area (Å²) in [5.74, 6) is -0.101. The molecule has 0 aromatic rings. The standard InChI is InChI=1S/C46H73NO3/c1-3-5-7-9-11-12-13-14-15-16-17-18-19-20-21-22-23-24-25-26-27-28-29-30-31-32-33-34-36-38-40-42-46(50)47-44(43-48)45(49)41-39-37-35-10-8-6-4-2/h5,7-8,10-12,14-15,17-18,20-21,23-24,26-27,29-30,39,41,44-45,48-49H,3-4,6,9,13,16,19,22,25,28,31-38,40,42-43H2,1-2H3,(H,47,50)/b7-5-,10-8+,12-11-,15-14-,18-17-,21-20-,24-23-,27-26-,30-29-,41-39+. The number of amides is 1. The summed E-state index contributed by atoms with van der Waals surface area (Å²) in [6.07, 6.45) is 63.1. The van der Waals surface area contributed by atoms with Gasteiger partial charge in [-0.2, -0.15) is 0 Å². The maximum Gasteiger partial charge on any atom is 0.220 e. The van der Waals surface area contributed by atoms with Crippen LogP contribution >= 0.6 is 0 Å². The molecular weight excluding hydrogens is 615 g/mol. The van der Waals surface area contributed by atoms with E-state index in [-0.39, 0.29) is 12.5 Å². The van der Waals surface area contributed by atoms with Crippen LogP contribution in [-0.4, -0.2) is 34.9 Å². The lowest BCUT2D eigenvalue weighted by molar-refractivity contribution is -0.123. The summed E-state index contributed by atoms with van der Waals surface area (Å²) in [6, 6.07) is -0.652. The molecule has 280 valence electrons. The van der Waals surface area contributed by atoms with Gasteiger partial charge >= 0.3 is 0 Å². The van der Waals surface area contributed by atoms with E-state index < -0.39 is 12.1 Å². The van der Waals surface area contributed by atoms with Gasteiger partial charge in [0.25, 0.3) is 0 Å². The Balaban J connectivity index is 3.69. The number of nitrogens with one attached hydrogen (secondary N) is 1. The van der Waals surface area contributed by atoms with Crippen molar-refractivity contribution < 1.29 is 15.0 Å². The number of allylic oxidation sites excluding steroid dienone is 19. The molecule has 0 rings (SSSR count). The third-order valence-electron chi connectivity index (χ3n) is 7.91. The summed E-state index contributed by atoms with van der Waals surface area (Å²) < 4.78 is 0. The Labute approximate surface area is 308 Å². The lowest BCUT2D eigenvalue weighted by atomic mass is 10.1. The first-order chi connectivity index (χ1) is 24.7. The smallest absolute Gasteiger partial charge is 0.220 e. The van der Waals surface area contributed by atoms with Gasteiger partial charge in [0.1, 0.15) is 0 Å². The van der Waals surface area contributed by atoms with Gasteiger partial charge < -0.3 is 15.5 Å². The number of rotatable bonds is 33. The highest BCUT2D eigenvalue weighted by Crippen LogP contribution is 2.10. The average molecular weight is 688 g/mol. The number of unbranched alkanes of at least 4 members (excludes halogenated alkanes) is 8. The van der Waals surface area contributed by atoms with Gasteiger partial charge in [-0.15, -0.1) is 0 Å². The first-order valence-electron chi connectivity index (χ1n) is 19.7. The van der Waals surface area contributed by atoms with E-state index in [1.54, 1.807) is 6.08 Å². The SMILES string of the molecule is CC/C=C\C/C=C\C/C=C\C/C=C\C/C=C\C/C=C\C/C=C\C/C=C\CCCCCCCCC(=O)NC(CO)C(O)/C=C/CC/C=C/CCC. The lowest BCUT2D eigenvalue weighted by Crippen LogP contribution is -2.45. The molecule has 2 unspecified atom stereocenters. The predicted molar refractivity (Wildman–Crippen MR) is 220 cm³/mol. The number of carbonyl (C=O) groups is 1. The van der Waals surface area contributed by atoms with Gasteiger partial charge in [-0.3, -0.25) is 4.79 Å². The van der Waals surface area contributed by atoms with Crippen LogP contribution in [-0.2, 0) is 4.79 Å². The quantitative estimate of drug-likeness (QED) is 0.0475. The first-order valence-corrected chi connectivity index (χ1v) is 19.7. The van der Waals surface area contributed by atoms with Crippen LogP contribution in [0.1, 0.15) is 142 Å². The number of aliphatic hydroxyl groups excluding tert-OH is 2. The second-order valence-electron chi connectivity index (χ2n) is 12.6. The molecule has 0 heterocycles. The van der Waals surface area contributed by atoms with Crippen LogP contribution in [0.5, 0.6) is 0 Å². The van der Waals surface area contributed by atoms with Crippen molar-refractivity contribution in [2.24, 2.45) is 0 Å². The second kappa shape index (κ2) is 40.2. The monoisotopic (exact) mass is 688 g/mol. The van der Waals surface area contributed by atoms with Gasteiger partial charge in [-0.05, 0) is 89.9 Å². The molecule has 0 bridgehead atoms. The Kier molecular flexibility index (Phi) is 37.6. The zero-order valence-corrected chi connectivity index (χ0v) is 31.9. The summed E-state index contributed by atoms with van der Waals surface area (Å²) in [7, 11) is 0. The molecule has 0 spiro atoms. The van der Waals surface area contributed by atoms with Crippen LogP contribution in [0.4, 0.5) is 0 Å². The first kappa shape index (κ1) is 46.8. The second-order valence-corrected chi connectivity index (χ2v) is 12.6. The van der Waals surface area contributed by atoms with Gasteiger partial charge in [-0.1, -0.05) is 167 Å². The van der Waals surface area contributed by atoms with E-state index in [9.17, 15) is 15.0 Å². The third kappa shape index (κ3) is 36.1. The van der Waals surface area contributed by atoms with Gasteiger partial charge in [0.05, 0.1) is 18.8 Å². The molecule has 0 radical (unpaired) electrons. The van der Waals surface area contributed by atoms with Crippen molar-refractivity contribution >= 4 is 5.91 Å². The molecule has 0 aliphatic carbocycles. The van der Waals surface area contributed by atoms with E-state index in [4.69, 9.17) is 0 Å². The van der Waals surface area contributed by atoms with Crippen LogP contribution in [0.15, 0.2) is 122 Å². The van der Waals surface area contributed by atoms with Gasteiger partial charge in [-0.25, -0.2) is 0 Å². The van der Waals surface area contributed by atoms with E-state index >= 15 is 0 Å². The van der Waals surface area contributed by atoms with Crippen LogP contribution in [0, 0.1) is 0 Å². The van der Waals surface area contributed by atoms with E-state index in [0.29, 0.717) is 6.42 Å². The minimum atomic E-state index is -0.873. The van der Waals surface area contributed by atoms with E-state index in [2.05, 4.69) is 129 Å².